The van der Waals surface area contributed by atoms with Gasteiger partial charge in [-0.1, -0.05) is 0 Å². The van der Waals surface area contributed by atoms with E-state index in [-0.39, 0.29) is 5.78 Å². The second-order valence-corrected chi connectivity index (χ2v) is 4.66. The van der Waals surface area contributed by atoms with Crippen molar-refractivity contribution in [2.24, 2.45) is 0 Å². The Morgan fingerprint density at radius 1 is 1.20 bits per heavy atom. The fourth-order valence-electron chi connectivity index (χ4n) is 2.13. The Bertz CT molecular complexity index is 774. The molecular formula is C15H14N4O. The van der Waals surface area contributed by atoms with Crippen molar-refractivity contribution in [1.29, 1.82) is 0 Å². The fraction of sp³-hybridized carbons (Fsp3) is 0.133. The van der Waals surface area contributed by atoms with Crippen molar-refractivity contribution in [3.63, 3.8) is 0 Å². The lowest BCUT2D eigenvalue weighted by molar-refractivity contribution is 0.101. The van der Waals surface area contributed by atoms with Crippen LogP contribution in [0, 0.1) is 6.92 Å². The van der Waals surface area contributed by atoms with Crippen LogP contribution in [0.15, 0.2) is 36.5 Å². The lowest BCUT2D eigenvalue weighted by atomic mass is 10.1. The highest BCUT2D eigenvalue weighted by molar-refractivity contribution is 5.95. The molecule has 0 aliphatic heterocycles. The standard InChI is InChI=1S/C15H14N4O/c1-9-14-13(19-18-9)7-8-16-15(14)17-12-5-3-11(4-6-12)10(2)20/h3-8H,1-2H3,(H,16,17)(H,18,19). The Balaban J connectivity index is 1.96. The van der Waals surface area contributed by atoms with Crippen LogP contribution in [0.4, 0.5) is 11.5 Å². The van der Waals surface area contributed by atoms with Crippen molar-refractivity contribution in [1.82, 2.24) is 15.2 Å². The summed E-state index contributed by atoms with van der Waals surface area (Å²) in [6, 6.07) is 9.20. The van der Waals surface area contributed by atoms with Crippen LogP contribution in [-0.4, -0.2) is 21.0 Å². The molecule has 0 bridgehead atoms. The summed E-state index contributed by atoms with van der Waals surface area (Å²) in [6.07, 6.45) is 1.72. The van der Waals surface area contributed by atoms with Crippen LogP contribution in [0.1, 0.15) is 23.0 Å². The van der Waals surface area contributed by atoms with E-state index in [9.17, 15) is 4.79 Å². The van der Waals surface area contributed by atoms with E-state index in [1.54, 1.807) is 25.3 Å². The minimum Gasteiger partial charge on any atom is -0.340 e. The van der Waals surface area contributed by atoms with Crippen molar-refractivity contribution in [3.05, 3.63) is 47.8 Å². The number of anilines is 2. The molecule has 20 heavy (non-hydrogen) atoms. The maximum Gasteiger partial charge on any atom is 0.159 e. The monoisotopic (exact) mass is 266 g/mol. The number of aromatic nitrogens is 3. The summed E-state index contributed by atoms with van der Waals surface area (Å²) in [4.78, 5) is 15.6. The van der Waals surface area contributed by atoms with Crippen LogP contribution < -0.4 is 5.32 Å². The predicted molar refractivity (Wildman–Crippen MR) is 78.4 cm³/mol. The van der Waals surface area contributed by atoms with Crippen molar-refractivity contribution in [2.75, 3.05) is 5.32 Å². The van der Waals surface area contributed by atoms with Crippen molar-refractivity contribution < 1.29 is 4.79 Å². The number of carbonyl (C=O) groups excluding carboxylic acids is 1. The van der Waals surface area contributed by atoms with Crippen LogP contribution in [0.25, 0.3) is 10.9 Å². The average Bonchev–Trinajstić information content (AvgIpc) is 2.82. The number of pyridine rings is 1. The Hall–Kier alpha value is -2.69. The Morgan fingerprint density at radius 2 is 1.95 bits per heavy atom. The summed E-state index contributed by atoms with van der Waals surface area (Å²) in [6.45, 7) is 3.51. The molecule has 5 nitrogen and oxygen atoms in total. The quantitative estimate of drug-likeness (QED) is 0.714. The molecule has 0 amide bonds. The van der Waals surface area contributed by atoms with E-state index < -0.39 is 0 Å². The van der Waals surface area contributed by atoms with Crippen LogP contribution >= 0.6 is 0 Å². The molecule has 5 heteroatoms. The predicted octanol–water partition coefficient (Wildman–Crippen LogP) is 3.21. The zero-order chi connectivity index (χ0) is 14.1. The number of aromatic amines is 1. The summed E-state index contributed by atoms with van der Waals surface area (Å²) < 4.78 is 0. The summed E-state index contributed by atoms with van der Waals surface area (Å²) in [5.41, 5.74) is 3.42. The van der Waals surface area contributed by atoms with E-state index in [0.29, 0.717) is 5.56 Å². The van der Waals surface area contributed by atoms with Crippen LogP contribution in [0.3, 0.4) is 0 Å². The molecule has 0 saturated carbocycles. The summed E-state index contributed by atoms with van der Waals surface area (Å²) in [7, 11) is 0. The normalized spacial score (nSPS) is 10.7. The topological polar surface area (TPSA) is 70.7 Å². The van der Waals surface area contributed by atoms with E-state index >= 15 is 0 Å². The number of fused-ring (bicyclic) bond motifs is 1. The van der Waals surface area contributed by atoms with Gasteiger partial charge in [0.25, 0.3) is 0 Å². The number of Topliss-reactive ketones (excluding diaryl/α,β-unsaturated/α-hetero) is 1. The van der Waals surface area contributed by atoms with Crippen molar-refractivity contribution >= 4 is 28.2 Å². The molecule has 0 saturated heterocycles. The summed E-state index contributed by atoms with van der Waals surface area (Å²) in [5, 5.41) is 11.4. The van der Waals surface area contributed by atoms with Gasteiger partial charge < -0.3 is 5.32 Å². The number of H-pyrrole nitrogens is 1. The lowest BCUT2D eigenvalue weighted by Crippen LogP contribution is -1.96. The minimum atomic E-state index is 0.0578. The molecule has 1 aromatic carbocycles. The SMILES string of the molecule is CC(=O)c1ccc(Nc2nccc3n[nH]c(C)c23)cc1. The van der Waals surface area contributed by atoms with Crippen molar-refractivity contribution in [2.45, 2.75) is 13.8 Å². The Labute approximate surface area is 116 Å². The third-order valence-corrected chi connectivity index (χ3v) is 3.20. The number of carbonyl (C=O) groups is 1. The smallest absolute Gasteiger partial charge is 0.159 e. The number of benzene rings is 1. The first-order chi connectivity index (χ1) is 9.65. The molecule has 0 atom stereocenters. The van der Waals surface area contributed by atoms with Crippen LogP contribution in [0.2, 0.25) is 0 Å². The summed E-state index contributed by atoms with van der Waals surface area (Å²) >= 11 is 0. The lowest BCUT2D eigenvalue weighted by Gasteiger charge is -2.07. The molecule has 2 heterocycles. The Morgan fingerprint density at radius 3 is 2.65 bits per heavy atom. The van der Waals surface area contributed by atoms with E-state index in [2.05, 4.69) is 20.5 Å². The maximum absolute atomic E-state index is 11.3. The fourth-order valence-corrected chi connectivity index (χ4v) is 2.13. The molecule has 0 radical (unpaired) electrons. The van der Waals surface area contributed by atoms with Gasteiger partial charge in [0.05, 0.1) is 10.9 Å². The van der Waals surface area contributed by atoms with Gasteiger partial charge in [-0.05, 0) is 44.2 Å². The summed E-state index contributed by atoms with van der Waals surface area (Å²) in [5.74, 6) is 0.812. The third-order valence-electron chi connectivity index (χ3n) is 3.20. The highest BCUT2D eigenvalue weighted by Gasteiger charge is 2.08. The number of nitrogens with zero attached hydrogens (tertiary/aromatic N) is 2. The zero-order valence-corrected chi connectivity index (χ0v) is 11.3. The van der Waals surface area contributed by atoms with Crippen LogP contribution in [0.5, 0.6) is 0 Å². The molecular weight excluding hydrogens is 252 g/mol. The van der Waals surface area contributed by atoms with E-state index in [1.165, 1.54) is 0 Å². The van der Waals surface area contributed by atoms with E-state index in [0.717, 1.165) is 28.1 Å². The minimum absolute atomic E-state index is 0.0578. The number of nitrogens with one attached hydrogen (secondary N) is 2. The highest BCUT2D eigenvalue weighted by Crippen LogP contribution is 2.25. The molecule has 0 aliphatic carbocycles. The molecule has 0 aliphatic rings. The van der Waals surface area contributed by atoms with Crippen LogP contribution in [-0.2, 0) is 0 Å². The van der Waals surface area contributed by atoms with Gasteiger partial charge in [0.2, 0.25) is 0 Å². The molecule has 0 fully saturated rings. The molecule has 2 N–H and O–H groups in total. The number of ketones is 1. The average molecular weight is 266 g/mol. The first kappa shape index (κ1) is 12.3. The molecule has 2 aromatic heterocycles. The molecule has 3 rings (SSSR count). The number of hydrogen-bond donors (Lipinski definition) is 2. The second-order valence-electron chi connectivity index (χ2n) is 4.66. The maximum atomic E-state index is 11.3. The first-order valence-electron chi connectivity index (χ1n) is 6.33. The van der Waals surface area contributed by atoms with Gasteiger partial charge in [-0.2, -0.15) is 5.10 Å². The van der Waals surface area contributed by atoms with E-state index in [1.807, 2.05) is 25.1 Å². The van der Waals surface area contributed by atoms with E-state index in [4.69, 9.17) is 0 Å². The molecule has 100 valence electrons. The molecule has 3 aromatic rings. The molecule has 0 spiro atoms. The number of rotatable bonds is 3. The zero-order valence-electron chi connectivity index (χ0n) is 11.3. The second kappa shape index (κ2) is 4.77. The van der Waals surface area contributed by atoms with Gasteiger partial charge in [0.15, 0.2) is 5.78 Å². The number of aryl methyl sites for hydroxylation is 1. The largest absolute Gasteiger partial charge is 0.340 e. The van der Waals surface area contributed by atoms with Gasteiger partial charge in [-0.25, -0.2) is 4.98 Å². The third kappa shape index (κ3) is 2.14. The Kier molecular flexibility index (Phi) is 2.95. The van der Waals surface area contributed by atoms with Gasteiger partial charge in [0, 0.05) is 23.1 Å². The van der Waals surface area contributed by atoms with Gasteiger partial charge in [-0.3, -0.25) is 9.89 Å². The highest BCUT2D eigenvalue weighted by atomic mass is 16.1. The van der Waals surface area contributed by atoms with Gasteiger partial charge in [-0.15, -0.1) is 0 Å². The van der Waals surface area contributed by atoms with Gasteiger partial charge >= 0.3 is 0 Å². The molecule has 0 unspecified atom stereocenters. The number of hydrogen-bond acceptors (Lipinski definition) is 4. The van der Waals surface area contributed by atoms with Gasteiger partial charge in [0.1, 0.15) is 5.82 Å². The van der Waals surface area contributed by atoms with Crippen molar-refractivity contribution in [3.8, 4) is 0 Å². The first-order valence-corrected chi connectivity index (χ1v) is 6.33.